The van der Waals surface area contributed by atoms with Crippen molar-refractivity contribution < 1.29 is 28.5 Å². The Balaban J connectivity index is 1.77. The van der Waals surface area contributed by atoms with Crippen molar-refractivity contribution in [1.29, 1.82) is 0 Å². The van der Waals surface area contributed by atoms with E-state index in [1.165, 1.54) is 19.4 Å². The van der Waals surface area contributed by atoms with Crippen molar-refractivity contribution in [2.24, 2.45) is 28.1 Å². The number of methoxy groups -OCH3 is 1. The molecule has 31 heavy (non-hydrogen) atoms. The van der Waals surface area contributed by atoms with Crippen LogP contribution in [0.25, 0.3) is 0 Å². The number of esters is 2. The standard InChI is InChI=1S/C25H38O6/c1-16(26)29-14-23(3)10-7-11-24(4)19-9-6-8-18-12-22(28-5)31-21(13-20(23)24)25(18,19)15-30-17(2)27/h8,19-22H,6-7,9-15H2,1-5H3/t19-,20+,21-,22?,23-,24-,25+/m1/s1. The van der Waals surface area contributed by atoms with Gasteiger partial charge in [0.1, 0.15) is 6.61 Å². The van der Waals surface area contributed by atoms with Gasteiger partial charge in [-0.25, -0.2) is 0 Å². The van der Waals surface area contributed by atoms with Gasteiger partial charge in [0.25, 0.3) is 0 Å². The summed E-state index contributed by atoms with van der Waals surface area (Å²) in [6.07, 6.45) is 9.03. The molecule has 2 saturated carbocycles. The molecule has 4 aliphatic rings. The van der Waals surface area contributed by atoms with Gasteiger partial charge in [0.05, 0.1) is 18.1 Å². The third-order valence-corrected chi connectivity index (χ3v) is 9.07. The summed E-state index contributed by atoms with van der Waals surface area (Å²) in [5.41, 5.74) is 1.05. The number of allylic oxidation sites excluding steroid dienone is 1. The maximum Gasteiger partial charge on any atom is 0.302 e. The normalized spacial score (nSPS) is 43.8. The maximum atomic E-state index is 11.9. The van der Waals surface area contributed by atoms with E-state index in [1.54, 1.807) is 7.11 Å². The van der Waals surface area contributed by atoms with Crippen LogP contribution in [0.15, 0.2) is 11.6 Å². The Labute approximate surface area is 186 Å². The van der Waals surface area contributed by atoms with E-state index in [4.69, 9.17) is 18.9 Å². The SMILES string of the molecule is COC1CC2=CCC[C@@H]3[C@@]4(C)CCC[C@](C)(COC(C)=O)[C@@H]4C[C@@H](O1)[C@@]23COC(C)=O. The minimum atomic E-state index is -0.288. The fraction of sp³-hybridized carbons (Fsp3) is 0.840. The second-order valence-corrected chi connectivity index (χ2v) is 10.8. The molecule has 1 heterocycles. The number of hydrogen-bond donors (Lipinski definition) is 0. The van der Waals surface area contributed by atoms with Crippen molar-refractivity contribution in [3.05, 3.63) is 11.6 Å². The number of carbonyl (C=O) groups is 2. The van der Waals surface area contributed by atoms with Crippen LogP contribution >= 0.6 is 0 Å². The first-order valence-electron chi connectivity index (χ1n) is 11.8. The molecule has 0 aromatic rings. The van der Waals surface area contributed by atoms with E-state index in [2.05, 4.69) is 19.9 Å². The van der Waals surface area contributed by atoms with Gasteiger partial charge < -0.3 is 18.9 Å². The molecule has 0 aromatic heterocycles. The Morgan fingerprint density at radius 3 is 2.48 bits per heavy atom. The molecule has 6 heteroatoms. The number of hydrogen-bond acceptors (Lipinski definition) is 6. The first-order chi connectivity index (χ1) is 14.7. The summed E-state index contributed by atoms with van der Waals surface area (Å²) in [4.78, 5) is 23.5. The second-order valence-electron chi connectivity index (χ2n) is 10.8. The van der Waals surface area contributed by atoms with Crippen LogP contribution in [0.5, 0.6) is 0 Å². The van der Waals surface area contributed by atoms with E-state index < -0.39 is 0 Å². The van der Waals surface area contributed by atoms with Gasteiger partial charge in [0.2, 0.25) is 0 Å². The van der Waals surface area contributed by atoms with Crippen LogP contribution in [0.4, 0.5) is 0 Å². The molecule has 0 spiro atoms. The third-order valence-electron chi connectivity index (χ3n) is 9.07. The lowest BCUT2D eigenvalue weighted by Crippen LogP contribution is -2.67. The molecule has 0 N–H and O–H groups in total. The smallest absolute Gasteiger partial charge is 0.302 e. The predicted molar refractivity (Wildman–Crippen MR) is 115 cm³/mol. The molecule has 1 saturated heterocycles. The minimum absolute atomic E-state index is 0.0741. The molecule has 3 fully saturated rings. The van der Waals surface area contributed by atoms with Gasteiger partial charge in [-0.05, 0) is 49.4 Å². The van der Waals surface area contributed by atoms with Gasteiger partial charge in [0.15, 0.2) is 6.29 Å². The van der Waals surface area contributed by atoms with Gasteiger partial charge in [-0.3, -0.25) is 9.59 Å². The Hall–Kier alpha value is -1.40. The summed E-state index contributed by atoms with van der Waals surface area (Å²) in [5, 5.41) is 0. The molecule has 174 valence electrons. The van der Waals surface area contributed by atoms with E-state index in [-0.39, 0.29) is 40.6 Å². The Bertz CT molecular complexity index is 761. The number of carbonyl (C=O) groups excluding carboxylic acids is 2. The third kappa shape index (κ3) is 3.64. The molecule has 7 atom stereocenters. The van der Waals surface area contributed by atoms with E-state index in [0.717, 1.165) is 44.9 Å². The van der Waals surface area contributed by atoms with Crippen molar-refractivity contribution in [2.45, 2.75) is 85.0 Å². The lowest BCUT2D eigenvalue weighted by Gasteiger charge is -2.68. The van der Waals surface area contributed by atoms with Gasteiger partial charge >= 0.3 is 11.9 Å². The van der Waals surface area contributed by atoms with E-state index in [0.29, 0.717) is 25.0 Å². The average molecular weight is 435 g/mol. The quantitative estimate of drug-likeness (QED) is 0.471. The van der Waals surface area contributed by atoms with Gasteiger partial charge in [-0.15, -0.1) is 0 Å². The fourth-order valence-corrected chi connectivity index (χ4v) is 7.80. The highest BCUT2D eigenvalue weighted by molar-refractivity contribution is 5.66. The zero-order valence-electron chi connectivity index (χ0n) is 19.7. The van der Waals surface area contributed by atoms with Crippen molar-refractivity contribution in [3.8, 4) is 0 Å². The molecule has 0 aromatic carbocycles. The first kappa shape index (κ1) is 22.8. The predicted octanol–water partition coefficient (Wildman–Crippen LogP) is 4.41. The summed E-state index contributed by atoms with van der Waals surface area (Å²) in [6, 6.07) is 0. The first-order valence-corrected chi connectivity index (χ1v) is 11.8. The van der Waals surface area contributed by atoms with Crippen molar-refractivity contribution in [2.75, 3.05) is 20.3 Å². The summed E-state index contributed by atoms with van der Waals surface area (Å²) in [6.45, 7) is 8.53. The van der Waals surface area contributed by atoms with Crippen molar-refractivity contribution in [1.82, 2.24) is 0 Å². The Kier molecular flexibility index (Phi) is 6.01. The lowest BCUT2D eigenvalue weighted by atomic mass is 9.39. The molecule has 1 unspecified atom stereocenters. The van der Waals surface area contributed by atoms with Crippen LogP contribution in [-0.2, 0) is 28.5 Å². The van der Waals surface area contributed by atoms with Crippen LogP contribution in [0.2, 0.25) is 0 Å². The summed E-state index contributed by atoms with van der Waals surface area (Å²) in [5.74, 6) is 0.266. The Morgan fingerprint density at radius 2 is 1.81 bits per heavy atom. The van der Waals surface area contributed by atoms with Crippen LogP contribution in [0.3, 0.4) is 0 Å². The molecule has 0 amide bonds. The largest absolute Gasteiger partial charge is 0.465 e. The highest BCUT2D eigenvalue weighted by Gasteiger charge is 2.67. The number of rotatable bonds is 5. The molecule has 6 nitrogen and oxygen atoms in total. The molecular formula is C25H38O6. The molecule has 0 radical (unpaired) electrons. The van der Waals surface area contributed by atoms with E-state index in [1.807, 2.05) is 0 Å². The van der Waals surface area contributed by atoms with Gasteiger partial charge in [-0.2, -0.15) is 0 Å². The number of ether oxygens (including phenoxy) is 4. The van der Waals surface area contributed by atoms with E-state index >= 15 is 0 Å². The number of fused-ring (bicyclic) bond motifs is 2. The highest BCUT2D eigenvalue weighted by Crippen LogP contribution is 2.69. The molecule has 4 rings (SSSR count). The van der Waals surface area contributed by atoms with Crippen LogP contribution < -0.4 is 0 Å². The summed E-state index contributed by atoms with van der Waals surface area (Å²) >= 11 is 0. The van der Waals surface area contributed by atoms with Gasteiger partial charge in [-0.1, -0.05) is 31.9 Å². The Morgan fingerprint density at radius 1 is 1.10 bits per heavy atom. The fourth-order valence-electron chi connectivity index (χ4n) is 7.80. The molecule has 1 aliphatic heterocycles. The highest BCUT2D eigenvalue weighted by atomic mass is 16.7. The molecular weight excluding hydrogens is 396 g/mol. The molecule has 0 bridgehead atoms. The van der Waals surface area contributed by atoms with Crippen molar-refractivity contribution in [3.63, 3.8) is 0 Å². The van der Waals surface area contributed by atoms with Crippen LogP contribution in [0, 0.1) is 28.1 Å². The molecule has 3 aliphatic carbocycles. The van der Waals surface area contributed by atoms with Crippen molar-refractivity contribution >= 4 is 11.9 Å². The second kappa shape index (κ2) is 8.18. The topological polar surface area (TPSA) is 71.1 Å². The lowest BCUT2D eigenvalue weighted by molar-refractivity contribution is -0.277. The van der Waals surface area contributed by atoms with Crippen LogP contribution in [-0.4, -0.2) is 44.7 Å². The van der Waals surface area contributed by atoms with Crippen LogP contribution in [0.1, 0.15) is 72.6 Å². The zero-order chi connectivity index (χ0) is 22.4. The minimum Gasteiger partial charge on any atom is -0.465 e. The van der Waals surface area contributed by atoms with E-state index in [9.17, 15) is 9.59 Å². The maximum absolute atomic E-state index is 11.9. The average Bonchev–Trinajstić information content (AvgIpc) is 2.72. The summed E-state index contributed by atoms with van der Waals surface area (Å²) < 4.78 is 23.5. The zero-order valence-corrected chi connectivity index (χ0v) is 19.7. The van der Waals surface area contributed by atoms with Gasteiger partial charge in [0, 0.05) is 32.8 Å². The monoisotopic (exact) mass is 434 g/mol. The summed E-state index contributed by atoms with van der Waals surface area (Å²) in [7, 11) is 1.70.